The van der Waals surface area contributed by atoms with Crippen LogP contribution in [-0.2, 0) is 16.6 Å². The van der Waals surface area contributed by atoms with Crippen molar-refractivity contribution < 1.29 is 13.2 Å². The molecule has 1 aliphatic rings. The lowest BCUT2D eigenvalue weighted by molar-refractivity contribution is 0.0985. The molecule has 1 aromatic heterocycles. The highest BCUT2D eigenvalue weighted by atomic mass is 32.2. The van der Waals surface area contributed by atoms with Crippen molar-refractivity contribution in [3.8, 4) is 0 Å². The van der Waals surface area contributed by atoms with Crippen molar-refractivity contribution in [1.82, 2.24) is 9.29 Å². The third kappa shape index (κ3) is 4.93. The molecule has 3 aromatic carbocycles. The number of thiazole rings is 1. The molecule has 0 radical (unpaired) electrons. The maximum atomic E-state index is 13.8. The molecule has 6 nitrogen and oxygen atoms in total. The van der Waals surface area contributed by atoms with E-state index < -0.39 is 10.0 Å². The summed E-state index contributed by atoms with van der Waals surface area (Å²) in [7, 11) is -3.55. The van der Waals surface area contributed by atoms with E-state index in [1.807, 2.05) is 43.3 Å². The van der Waals surface area contributed by atoms with Crippen LogP contribution in [0, 0.1) is 13.8 Å². The van der Waals surface area contributed by atoms with Crippen molar-refractivity contribution in [3.63, 3.8) is 0 Å². The fraction of sp³-hybridized carbons (Fsp3) is 0.286. The van der Waals surface area contributed by atoms with Gasteiger partial charge < -0.3 is 0 Å². The number of sulfonamides is 1. The molecule has 0 aliphatic carbocycles. The Hall–Kier alpha value is -3.07. The number of aryl methyl sites for hydroxylation is 2. The van der Waals surface area contributed by atoms with Gasteiger partial charge in [0.05, 0.1) is 21.7 Å². The number of fused-ring (bicyclic) bond motifs is 1. The second-order valence-corrected chi connectivity index (χ2v) is 12.2. The van der Waals surface area contributed by atoms with Gasteiger partial charge in [0.15, 0.2) is 5.13 Å². The molecule has 2 heterocycles. The molecule has 36 heavy (non-hydrogen) atoms. The number of carbonyl (C=O) groups is 1. The van der Waals surface area contributed by atoms with Gasteiger partial charge in [0, 0.05) is 18.7 Å². The molecule has 0 unspecified atom stereocenters. The van der Waals surface area contributed by atoms with Crippen LogP contribution in [-0.4, -0.2) is 36.7 Å². The zero-order chi connectivity index (χ0) is 25.3. The molecule has 1 fully saturated rings. The second kappa shape index (κ2) is 10.1. The molecule has 0 saturated carbocycles. The Morgan fingerprint density at radius 2 is 1.67 bits per heavy atom. The SMILES string of the molecule is Cc1cc(C)c2sc(N(Cc3ccccc3)C(=O)c3ccc(S(=O)(=O)N4CCCCC4)cc3)nc2c1. The molecule has 4 aromatic rings. The van der Waals surface area contributed by atoms with Crippen molar-refractivity contribution in [2.45, 2.75) is 44.6 Å². The summed E-state index contributed by atoms with van der Waals surface area (Å²) < 4.78 is 28.7. The molecule has 1 aliphatic heterocycles. The smallest absolute Gasteiger partial charge is 0.260 e. The Morgan fingerprint density at radius 3 is 2.36 bits per heavy atom. The summed E-state index contributed by atoms with van der Waals surface area (Å²) in [5, 5.41) is 0.623. The number of aromatic nitrogens is 1. The van der Waals surface area contributed by atoms with Crippen LogP contribution in [0.2, 0.25) is 0 Å². The first-order valence-electron chi connectivity index (χ1n) is 12.2. The van der Waals surface area contributed by atoms with E-state index >= 15 is 0 Å². The van der Waals surface area contributed by atoms with Crippen LogP contribution in [0.3, 0.4) is 0 Å². The Bertz CT molecular complexity index is 1490. The van der Waals surface area contributed by atoms with E-state index in [1.165, 1.54) is 11.3 Å². The number of amides is 1. The van der Waals surface area contributed by atoms with Crippen molar-refractivity contribution >= 4 is 42.6 Å². The minimum atomic E-state index is -3.55. The molecule has 5 rings (SSSR count). The van der Waals surface area contributed by atoms with Gasteiger partial charge in [-0.3, -0.25) is 9.69 Å². The van der Waals surface area contributed by atoms with E-state index in [2.05, 4.69) is 13.0 Å². The second-order valence-electron chi connectivity index (χ2n) is 9.29. The van der Waals surface area contributed by atoms with Gasteiger partial charge >= 0.3 is 0 Å². The number of anilines is 1. The number of hydrogen-bond acceptors (Lipinski definition) is 5. The topological polar surface area (TPSA) is 70.6 Å². The molecule has 0 spiro atoms. The van der Waals surface area contributed by atoms with Gasteiger partial charge in [-0.2, -0.15) is 4.31 Å². The van der Waals surface area contributed by atoms with Gasteiger partial charge in [-0.05, 0) is 73.7 Å². The van der Waals surface area contributed by atoms with Gasteiger partial charge in [0.1, 0.15) is 0 Å². The average Bonchev–Trinajstić information content (AvgIpc) is 3.32. The van der Waals surface area contributed by atoms with E-state index in [0.29, 0.717) is 30.3 Å². The molecule has 1 saturated heterocycles. The monoisotopic (exact) mass is 519 g/mol. The third-order valence-electron chi connectivity index (χ3n) is 6.52. The lowest BCUT2D eigenvalue weighted by Gasteiger charge is -2.26. The molecule has 8 heteroatoms. The summed E-state index contributed by atoms with van der Waals surface area (Å²) in [6, 6.07) is 20.3. The Balaban J connectivity index is 1.49. The van der Waals surface area contributed by atoms with Crippen LogP contribution in [0.4, 0.5) is 5.13 Å². The zero-order valence-corrected chi connectivity index (χ0v) is 22.1. The maximum Gasteiger partial charge on any atom is 0.260 e. The van der Waals surface area contributed by atoms with Crippen LogP contribution in [0.1, 0.15) is 46.3 Å². The van der Waals surface area contributed by atoms with Gasteiger partial charge in [-0.1, -0.05) is 54.2 Å². The Kier molecular flexibility index (Phi) is 6.92. The molecule has 1 amide bonds. The summed E-state index contributed by atoms with van der Waals surface area (Å²) >= 11 is 1.50. The highest BCUT2D eigenvalue weighted by Crippen LogP contribution is 2.34. The first-order chi connectivity index (χ1) is 17.3. The van der Waals surface area contributed by atoms with Crippen LogP contribution in [0.5, 0.6) is 0 Å². The average molecular weight is 520 g/mol. The van der Waals surface area contributed by atoms with Gasteiger partial charge in [0.25, 0.3) is 5.91 Å². The van der Waals surface area contributed by atoms with E-state index in [-0.39, 0.29) is 10.8 Å². The van der Waals surface area contributed by atoms with Crippen LogP contribution < -0.4 is 4.90 Å². The standard InChI is InChI=1S/C28H29N3O3S2/c1-20-17-21(2)26-25(18-20)29-28(35-26)31(19-22-9-5-3-6-10-22)27(32)23-11-13-24(14-12-23)36(33,34)30-15-7-4-8-16-30/h3,5-6,9-14,17-18H,4,7-8,15-16,19H2,1-2H3. The van der Waals surface area contributed by atoms with Crippen LogP contribution in [0.15, 0.2) is 71.6 Å². The summed E-state index contributed by atoms with van der Waals surface area (Å²) in [5.74, 6) is -0.214. The van der Waals surface area contributed by atoms with E-state index in [1.54, 1.807) is 33.5 Å². The number of rotatable bonds is 6. The quantitative estimate of drug-likeness (QED) is 0.316. The van der Waals surface area contributed by atoms with Crippen molar-refractivity contribution in [2.24, 2.45) is 0 Å². The highest BCUT2D eigenvalue weighted by Gasteiger charge is 2.27. The van der Waals surface area contributed by atoms with Gasteiger partial charge in [-0.15, -0.1) is 0 Å². The minimum absolute atomic E-state index is 0.214. The molecule has 186 valence electrons. The Morgan fingerprint density at radius 1 is 0.972 bits per heavy atom. The predicted molar refractivity (Wildman–Crippen MR) is 145 cm³/mol. The number of piperidine rings is 1. The largest absolute Gasteiger partial charge is 0.279 e. The molecular weight excluding hydrogens is 490 g/mol. The van der Waals surface area contributed by atoms with E-state index in [9.17, 15) is 13.2 Å². The highest BCUT2D eigenvalue weighted by molar-refractivity contribution is 7.89. The fourth-order valence-corrected chi connectivity index (χ4v) is 7.18. The normalized spacial score (nSPS) is 14.7. The number of carbonyl (C=O) groups excluding carboxylic acids is 1. The zero-order valence-electron chi connectivity index (χ0n) is 20.5. The maximum absolute atomic E-state index is 13.8. The lowest BCUT2D eigenvalue weighted by Crippen LogP contribution is -2.35. The van der Waals surface area contributed by atoms with Crippen molar-refractivity contribution in [3.05, 3.63) is 89.0 Å². The Labute approximate surface area is 216 Å². The molecule has 0 N–H and O–H groups in total. The fourth-order valence-electron chi connectivity index (χ4n) is 4.65. The molecule has 0 atom stereocenters. The lowest BCUT2D eigenvalue weighted by atomic mass is 10.1. The van der Waals surface area contributed by atoms with E-state index in [4.69, 9.17) is 4.98 Å². The van der Waals surface area contributed by atoms with Gasteiger partial charge in [0.2, 0.25) is 10.0 Å². The number of nitrogens with zero attached hydrogens (tertiary/aromatic N) is 3. The summed E-state index contributed by atoms with van der Waals surface area (Å²) in [6.07, 6.45) is 2.82. The van der Waals surface area contributed by atoms with Crippen molar-refractivity contribution in [2.75, 3.05) is 18.0 Å². The summed E-state index contributed by atoms with van der Waals surface area (Å²) in [6.45, 7) is 5.56. The molecular formula is C28H29N3O3S2. The van der Waals surface area contributed by atoms with Gasteiger partial charge in [-0.25, -0.2) is 13.4 Å². The van der Waals surface area contributed by atoms with Crippen LogP contribution >= 0.6 is 11.3 Å². The third-order valence-corrected chi connectivity index (χ3v) is 9.66. The van der Waals surface area contributed by atoms with Crippen LogP contribution in [0.25, 0.3) is 10.2 Å². The predicted octanol–water partition coefficient (Wildman–Crippen LogP) is 5.93. The van der Waals surface area contributed by atoms with E-state index in [0.717, 1.165) is 46.2 Å². The number of hydrogen-bond donors (Lipinski definition) is 0. The first-order valence-corrected chi connectivity index (χ1v) is 14.4. The summed E-state index contributed by atoms with van der Waals surface area (Å²) in [5.41, 5.74) is 4.55. The minimum Gasteiger partial charge on any atom is -0.279 e. The number of benzene rings is 3. The molecule has 0 bridgehead atoms. The first kappa shape index (κ1) is 24.6. The summed E-state index contributed by atoms with van der Waals surface area (Å²) in [4.78, 5) is 20.5. The van der Waals surface area contributed by atoms with Crippen molar-refractivity contribution in [1.29, 1.82) is 0 Å².